The lowest BCUT2D eigenvalue weighted by Crippen LogP contribution is -2.50. The second-order valence-electron chi connectivity index (χ2n) is 2.73. The van der Waals surface area contributed by atoms with Crippen LogP contribution in [0.15, 0.2) is 24.3 Å². The molecule has 2 heteroatoms. The molecule has 0 amide bonds. The molecule has 1 aromatic rings. The fraction of sp³-hybridized carbons (Fsp3) is 0.300. The summed E-state index contributed by atoms with van der Waals surface area (Å²) in [6.07, 6.45) is 2.02. The molecule has 0 spiro atoms. The fourth-order valence-electron chi connectivity index (χ4n) is 1.16. The van der Waals surface area contributed by atoms with Crippen molar-refractivity contribution in [2.75, 3.05) is 6.54 Å². The summed E-state index contributed by atoms with van der Waals surface area (Å²) in [5.74, 6) is 0. The molecule has 0 aromatic heterocycles. The van der Waals surface area contributed by atoms with E-state index in [2.05, 4.69) is 11.8 Å². The van der Waals surface area contributed by atoms with Crippen LogP contribution < -0.4 is 5.73 Å². The first-order valence-electron chi connectivity index (χ1n) is 4.15. The van der Waals surface area contributed by atoms with Gasteiger partial charge >= 0.3 is 0 Å². The minimum Gasteiger partial charge on any atom is -0.358 e. The molecule has 0 bridgehead atoms. The van der Waals surface area contributed by atoms with Gasteiger partial charge in [-0.3, -0.25) is 0 Å². The van der Waals surface area contributed by atoms with Crippen LogP contribution in [-0.2, 0) is 6.42 Å². The fourth-order valence-corrected chi connectivity index (χ4v) is 1.16. The van der Waals surface area contributed by atoms with E-state index in [1.807, 2.05) is 24.3 Å². The van der Waals surface area contributed by atoms with Crippen LogP contribution in [-0.4, -0.2) is 6.54 Å². The molecular formula is C10H13N2+. The summed E-state index contributed by atoms with van der Waals surface area (Å²) in [5, 5.41) is 8.75. The first-order chi connectivity index (χ1) is 5.88. The molecule has 0 aliphatic rings. The molecule has 0 unspecified atom stereocenters. The SMILES string of the molecule is N#Cc1ccccc1CCC[NH3+]. The number of nitriles is 1. The Bertz CT molecular complexity index is 286. The second kappa shape index (κ2) is 4.53. The van der Waals surface area contributed by atoms with Gasteiger partial charge in [0.25, 0.3) is 0 Å². The Labute approximate surface area is 72.6 Å². The zero-order valence-corrected chi connectivity index (χ0v) is 7.09. The molecule has 0 heterocycles. The van der Waals surface area contributed by atoms with E-state index in [4.69, 9.17) is 5.26 Å². The first kappa shape index (κ1) is 8.76. The lowest BCUT2D eigenvalue weighted by Gasteiger charge is -1.99. The van der Waals surface area contributed by atoms with E-state index in [9.17, 15) is 0 Å². The maximum Gasteiger partial charge on any atom is 0.0994 e. The van der Waals surface area contributed by atoms with Gasteiger partial charge < -0.3 is 5.73 Å². The van der Waals surface area contributed by atoms with E-state index in [0.717, 1.165) is 30.5 Å². The van der Waals surface area contributed by atoms with Crippen LogP contribution in [0.2, 0.25) is 0 Å². The quantitative estimate of drug-likeness (QED) is 0.698. The molecule has 1 aromatic carbocycles. The van der Waals surface area contributed by atoms with Gasteiger partial charge in [0.2, 0.25) is 0 Å². The smallest absolute Gasteiger partial charge is 0.0994 e. The average Bonchev–Trinajstić information content (AvgIpc) is 2.15. The normalized spacial score (nSPS) is 9.33. The summed E-state index contributed by atoms with van der Waals surface area (Å²) in [4.78, 5) is 0. The largest absolute Gasteiger partial charge is 0.358 e. The van der Waals surface area contributed by atoms with E-state index >= 15 is 0 Å². The van der Waals surface area contributed by atoms with Gasteiger partial charge in [0.05, 0.1) is 18.2 Å². The van der Waals surface area contributed by atoms with E-state index in [0.29, 0.717) is 0 Å². The molecule has 3 N–H and O–H groups in total. The lowest BCUT2D eigenvalue weighted by molar-refractivity contribution is -0.368. The van der Waals surface area contributed by atoms with E-state index < -0.39 is 0 Å². The zero-order chi connectivity index (χ0) is 8.81. The standard InChI is InChI=1S/C10H12N2/c11-7-3-6-9-4-1-2-5-10(9)8-12/h1-2,4-5H,3,6-7,11H2/p+1. The minimum absolute atomic E-state index is 0.797. The molecule has 0 atom stereocenters. The summed E-state index contributed by atoms with van der Waals surface area (Å²) < 4.78 is 0. The number of hydrogen-bond donors (Lipinski definition) is 1. The molecule has 62 valence electrons. The lowest BCUT2D eigenvalue weighted by atomic mass is 10.0. The van der Waals surface area contributed by atoms with Crippen molar-refractivity contribution in [2.45, 2.75) is 12.8 Å². The Hall–Kier alpha value is -1.33. The molecule has 0 radical (unpaired) electrons. The van der Waals surface area contributed by atoms with Crippen LogP contribution >= 0.6 is 0 Å². The Morgan fingerprint density at radius 1 is 1.33 bits per heavy atom. The van der Waals surface area contributed by atoms with Crippen molar-refractivity contribution in [2.24, 2.45) is 0 Å². The Morgan fingerprint density at radius 3 is 2.75 bits per heavy atom. The van der Waals surface area contributed by atoms with Crippen molar-refractivity contribution in [3.63, 3.8) is 0 Å². The van der Waals surface area contributed by atoms with Crippen LogP contribution in [0.4, 0.5) is 0 Å². The van der Waals surface area contributed by atoms with Gasteiger partial charge in [-0.15, -0.1) is 0 Å². The molecule has 0 saturated heterocycles. The van der Waals surface area contributed by atoms with E-state index in [1.165, 1.54) is 0 Å². The van der Waals surface area contributed by atoms with Crippen LogP contribution in [0.25, 0.3) is 0 Å². The summed E-state index contributed by atoms with van der Waals surface area (Å²) in [7, 11) is 0. The summed E-state index contributed by atoms with van der Waals surface area (Å²) >= 11 is 0. The van der Waals surface area contributed by atoms with Crippen molar-refractivity contribution < 1.29 is 5.73 Å². The topological polar surface area (TPSA) is 51.4 Å². The van der Waals surface area contributed by atoms with Gasteiger partial charge in [-0.2, -0.15) is 5.26 Å². The predicted molar refractivity (Wildman–Crippen MR) is 47.2 cm³/mol. The third-order valence-electron chi connectivity index (χ3n) is 1.83. The van der Waals surface area contributed by atoms with Crippen LogP contribution in [0, 0.1) is 11.3 Å². The number of rotatable bonds is 3. The highest BCUT2D eigenvalue weighted by molar-refractivity contribution is 5.37. The first-order valence-corrected chi connectivity index (χ1v) is 4.15. The third kappa shape index (κ3) is 2.08. The molecule has 0 aliphatic carbocycles. The monoisotopic (exact) mass is 161 g/mol. The number of quaternary nitrogens is 1. The van der Waals surface area contributed by atoms with Crippen molar-refractivity contribution >= 4 is 0 Å². The number of benzene rings is 1. The van der Waals surface area contributed by atoms with Gasteiger partial charge in [0.1, 0.15) is 0 Å². The predicted octanol–water partition coefficient (Wildman–Crippen LogP) is 0.733. The molecule has 0 aliphatic heterocycles. The maximum atomic E-state index is 8.75. The van der Waals surface area contributed by atoms with E-state index in [-0.39, 0.29) is 0 Å². The van der Waals surface area contributed by atoms with Gasteiger partial charge in [0.15, 0.2) is 0 Å². The molecule has 0 fully saturated rings. The van der Waals surface area contributed by atoms with Crippen molar-refractivity contribution in [1.29, 1.82) is 5.26 Å². The second-order valence-corrected chi connectivity index (χ2v) is 2.73. The van der Waals surface area contributed by atoms with E-state index in [1.54, 1.807) is 0 Å². The van der Waals surface area contributed by atoms with Crippen LogP contribution in [0.5, 0.6) is 0 Å². The van der Waals surface area contributed by atoms with Crippen LogP contribution in [0.1, 0.15) is 17.5 Å². The van der Waals surface area contributed by atoms with Gasteiger partial charge in [-0.05, 0) is 18.1 Å². The van der Waals surface area contributed by atoms with Crippen molar-refractivity contribution in [3.05, 3.63) is 35.4 Å². The highest BCUT2D eigenvalue weighted by Gasteiger charge is 1.98. The molecule has 0 saturated carbocycles. The number of aryl methyl sites for hydroxylation is 1. The highest BCUT2D eigenvalue weighted by atomic mass is 14.5. The highest BCUT2D eigenvalue weighted by Crippen LogP contribution is 2.08. The third-order valence-corrected chi connectivity index (χ3v) is 1.83. The Kier molecular flexibility index (Phi) is 3.31. The summed E-state index contributed by atoms with van der Waals surface area (Å²) in [6.45, 7) is 0.930. The van der Waals surface area contributed by atoms with Gasteiger partial charge in [0, 0.05) is 6.42 Å². The molecule has 12 heavy (non-hydrogen) atoms. The Morgan fingerprint density at radius 2 is 2.08 bits per heavy atom. The van der Waals surface area contributed by atoms with Crippen molar-refractivity contribution in [1.82, 2.24) is 0 Å². The number of hydrogen-bond acceptors (Lipinski definition) is 1. The molecule has 1 rings (SSSR count). The maximum absolute atomic E-state index is 8.75. The van der Waals surface area contributed by atoms with Gasteiger partial charge in [-0.1, -0.05) is 18.2 Å². The Balaban J connectivity index is 2.77. The summed E-state index contributed by atoms with van der Waals surface area (Å²) in [5.41, 5.74) is 5.71. The molecular weight excluding hydrogens is 148 g/mol. The van der Waals surface area contributed by atoms with Gasteiger partial charge in [-0.25, -0.2) is 0 Å². The van der Waals surface area contributed by atoms with Crippen LogP contribution in [0.3, 0.4) is 0 Å². The molecule has 2 nitrogen and oxygen atoms in total. The zero-order valence-electron chi connectivity index (χ0n) is 7.09. The number of nitrogens with zero attached hydrogens (tertiary/aromatic N) is 1. The van der Waals surface area contributed by atoms with Crippen molar-refractivity contribution in [3.8, 4) is 6.07 Å². The summed E-state index contributed by atoms with van der Waals surface area (Å²) in [6, 6.07) is 9.92. The minimum atomic E-state index is 0.797. The average molecular weight is 161 g/mol.